The summed E-state index contributed by atoms with van der Waals surface area (Å²) in [5.74, 6) is 1.50. The monoisotopic (exact) mass is 293 g/mol. The van der Waals surface area contributed by atoms with Crippen molar-refractivity contribution in [3.05, 3.63) is 18.0 Å². The Morgan fingerprint density at radius 3 is 2.67 bits per heavy atom. The van der Waals surface area contributed by atoms with Gasteiger partial charge in [-0.1, -0.05) is 13.8 Å². The van der Waals surface area contributed by atoms with Gasteiger partial charge < -0.3 is 14.8 Å². The van der Waals surface area contributed by atoms with Gasteiger partial charge >= 0.3 is 0 Å². The first-order valence-corrected chi connectivity index (χ1v) is 7.72. The topological polar surface area (TPSA) is 46.6 Å². The Morgan fingerprint density at radius 1 is 1.29 bits per heavy atom. The van der Waals surface area contributed by atoms with Crippen LogP contribution < -0.4 is 14.8 Å². The molecule has 1 aromatic rings. The fourth-order valence-corrected chi connectivity index (χ4v) is 3.22. The first-order valence-electron chi connectivity index (χ1n) is 7.72. The third-order valence-electron chi connectivity index (χ3n) is 4.71. The number of nitrogens with zero attached hydrogens (tertiary/aromatic N) is 2. The summed E-state index contributed by atoms with van der Waals surface area (Å²) < 4.78 is 10.9. The number of hydrogen-bond acceptors (Lipinski definition) is 5. The van der Waals surface area contributed by atoms with Crippen LogP contribution in [0.4, 0.5) is 0 Å². The van der Waals surface area contributed by atoms with Gasteiger partial charge in [-0.2, -0.15) is 0 Å². The lowest BCUT2D eigenvalue weighted by Crippen LogP contribution is -2.60. The van der Waals surface area contributed by atoms with Crippen LogP contribution in [-0.4, -0.2) is 49.3 Å². The van der Waals surface area contributed by atoms with Crippen LogP contribution in [0.25, 0.3) is 0 Å². The number of methoxy groups -OCH3 is 2. The molecule has 5 heteroatoms. The predicted molar refractivity (Wildman–Crippen MR) is 83.9 cm³/mol. The zero-order valence-electron chi connectivity index (χ0n) is 13.6. The van der Waals surface area contributed by atoms with Crippen LogP contribution in [0.2, 0.25) is 0 Å². The van der Waals surface area contributed by atoms with Gasteiger partial charge in [-0.25, -0.2) is 0 Å². The minimum atomic E-state index is 0.202. The SMILES string of the molecule is CCC1(CC)CNCCN1Cc1nccc(OC)c1OC. The van der Waals surface area contributed by atoms with Crippen LogP contribution in [0.15, 0.2) is 12.3 Å². The standard InChI is InChI=1S/C16H27N3O2/c1-5-16(6-2)12-17-9-10-19(16)11-13-15(21-4)14(20-3)7-8-18-13/h7-8,17H,5-6,9-12H2,1-4H3. The molecule has 0 saturated carbocycles. The highest BCUT2D eigenvalue weighted by Gasteiger charge is 2.36. The van der Waals surface area contributed by atoms with E-state index in [9.17, 15) is 0 Å². The van der Waals surface area contributed by atoms with Gasteiger partial charge in [-0.15, -0.1) is 0 Å². The number of pyridine rings is 1. The molecule has 1 fully saturated rings. The Kier molecular flexibility index (Phi) is 5.42. The molecule has 0 aliphatic carbocycles. The molecule has 1 saturated heterocycles. The maximum Gasteiger partial charge on any atom is 0.183 e. The average Bonchev–Trinajstić information content (AvgIpc) is 2.55. The summed E-state index contributed by atoms with van der Waals surface area (Å²) in [6.45, 7) is 8.41. The highest BCUT2D eigenvalue weighted by atomic mass is 16.5. The molecule has 21 heavy (non-hydrogen) atoms. The van der Waals surface area contributed by atoms with E-state index in [2.05, 4.69) is 29.0 Å². The fourth-order valence-electron chi connectivity index (χ4n) is 3.22. The normalized spacial score (nSPS) is 18.5. The second-order valence-corrected chi connectivity index (χ2v) is 5.52. The molecule has 0 radical (unpaired) electrons. The Labute approximate surface area is 127 Å². The lowest BCUT2D eigenvalue weighted by atomic mass is 9.88. The maximum absolute atomic E-state index is 5.51. The third kappa shape index (κ3) is 3.14. The molecule has 5 nitrogen and oxygen atoms in total. The minimum absolute atomic E-state index is 0.202. The summed E-state index contributed by atoms with van der Waals surface area (Å²) in [6, 6.07) is 1.84. The Hall–Kier alpha value is -1.33. The van der Waals surface area contributed by atoms with Crippen LogP contribution >= 0.6 is 0 Å². The minimum Gasteiger partial charge on any atom is -0.493 e. The number of rotatable bonds is 6. The predicted octanol–water partition coefficient (Wildman–Crippen LogP) is 2.06. The molecule has 118 valence electrons. The summed E-state index contributed by atoms with van der Waals surface area (Å²) in [6.07, 6.45) is 4.05. The molecule has 0 atom stereocenters. The summed E-state index contributed by atoms with van der Waals surface area (Å²) >= 11 is 0. The lowest BCUT2D eigenvalue weighted by Gasteiger charge is -2.47. The van der Waals surface area contributed by atoms with E-state index in [1.807, 2.05) is 6.07 Å². The molecular formula is C16H27N3O2. The van der Waals surface area contributed by atoms with Crippen LogP contribution in [0.1, 0.15) is 32.4 Å². The summed E-state index contributed by atoms with van der Waals surface area (Å²) in [7, 11) is 3.34. The van der Waals surface area contributed by atoms with Crippen molar-refractivity contribution in [1.29, 1.82) is 0 Å². The number of piperazine rings is 1. The molecule has 0 amide bonds. The van der Waals surface area contributed by atoms with Gasteiger partial charge in [0.05, 0.1) is 14.2 Å². The van der Waals surface area contributed by atoms with E-state index in [4.69, 9.17) is 9.47 Å². The van der Waals surface area contributed by atoms with Gasteiger partial charge in [-0.05, 0) is 12.8 Å². The van der Waals surface area contributed by atoms with E-state index in [0.29, 0.717) is 0 Å². The van der Waals surface area contributed by atoms with Crippen molar-refractivity contribution in [3.8, 4) is 11.5 Å². The van der Waals surface area contributed by atoms with Gasteiger partial charge in [0, 0.05) is 44.0 Å². The maximum atomic E-state index is 5.51. The average molecular weight is 293 g/mol. The van der Waals surface area contributed by atoms with E-state index < -0.39 is 0 Å². The number of ether oxygens (including phenoxy) is 2. The van der Waals surface area contributed by atoms with Gasteiger partial charge in [0.2, 0.25) is 0 Å². The van der Waals surface area contributed by atoms with Crippen LogP contribution in [0, 0.1) is 0 Å². The fraction of sp³-hybridized carbons (Fsp3) is 0.688. The first kappa shape index (κ1) is 16.0. The van der Waals surface area contributed by atoms with Gasteiger partial charge in [-0.3, -0.25) is 9.88 Å². The zero-order chi connectivity index (χ0) is 15.3. The van der Waals surface area contributed by atoms with Crippen LogP contribution in [0.5, 0.6) is 11.5 Å². The Bertz CT molecular complexity index is 461. The summed E-state index contributed by atoms with van der Waals surface area (Å²) in [4.78, 5) is 7.05. The smallest absolute Gasteiger partial charge is 0.183 e. The number of hydrogen-bond donors (Lipinski definition) is 1. The third-order valence-corrected chi connectivity index (χ3v) is 4.71. The highest BCUT2D eigenvalue weighted by Crippen LogP contribution is 2.33. The number of aromatic nitrogens is 1. The molecule has 1 aliphatic rings. The molecule has 1 aromatic heterocycles. The number of nitrogens with one attached hydrogen (secondary N) is 1. The Morgan fingerprint density at radius 2 is 2.05 bits per heavy atom. The molecule has 0 bridgehead atoms. The van der Waals surface area contributed by atoms with Crippen molar-refractivity contribution in [2.45, 2.75) is 38.8 Å². The summed E-state index contributed by atoms with van der Waals surface area (Å²) in [5, 5.41) is 3.53. The second-order valence-electron chi connectivity index (χ2n) is 5.52. The van der Waals surface area contributed by atoms with E-state index >= 15 is 0 Å². The molecule has 0 aromatic carbocycles. The molecule has 0 unspecified atom stereocenters. The van der Waals surface area contributed by atoms with E-state index in [1.54, 1.807) is 20.4 Å². The van der Waals surface area contributed by atoms with Crippen molar-refractivity contribution >= 4 is 0 Å². The molecular weight excluding hydrogens is 266 g/mol. The van der Waals surface area contributed by atoms with E-state index in [0.717, 1.165) is 56.2 Å². The first-order chi connectivity index (χ1) is 10.2. The molecule has 1 aliphatic heterocycles. The van der Waals surface area contributed by atoms with Crippen molar-refractivity contribution < 1.29 is 9.47 Å². The van der Waals surface area contributed by atoms with Crippen molar-refractivity contribution in [1.82, 2.24) is 15.2 Å². The van der Waals surface area contributed by atoms with E-state index in [-0.39, 0.29) is 5.54 Å². The molecule has 2 heterocycles. The Balaban J connectivity index is 2.27. The highest BCUT2D eigenvalue weighted by molar-refractivity contribution is 5.42. The van der Waals surface area contributed by atoms with Crippen molar-refractivity contribution in [3.63, 3.8) is 0 Å². The van der Waals surface area contributed by atoms with Gasteiger partial charge in [0.15, 0.2) is 11.5 Å². The van der Waals surface area contributed by atoms with Crippen molar-refractivity contribution in [2.24, 2.45) is 0 Å². The lowest BCUT2D eigenvalue weighted by molar-refractivity contribution is 0.0429. The van der Waals surface area contributed by atoms with Gasteiger partial charge in [0.25, 0.3) is 0 Å². The van der Waals surface area contributed by atoms with Crippen LogP contribution in [-0.2, 0) is 6.54 Å². The van der Waals surface area contributed by atoms with Crippen LogP contribution in [0.3, 0.4) is 0 Å². The molecule has 1 N–H and O–H groups in total. The second kappa shape index (κ2) is 7.09. The summed E-state index contributed by atoms with van der Waals surface area (Å²) in [5.41, 5.74) is 1.15. The largest absolute Gasteiger partial charge is 0.493 e. The zero-order valence-corrected chi connectivity index (χ0v) is 13.6. The van der Waals surface area contributed by atoms with Gasteiger partial charge in [0.1, 0.15) is 5.69 Å². The molecule has 0 spiro atoms. The van der Waals surface area contributed by atoms with Crippen molar-refractivity contribution in [2.75, 3.05) is 33.9 Å². The molecule has 2 rings (SSSR count). The quantitative estimate of drug-likeness (QED) is 0.870. The van der Waals surface area contributed by atoms with E-state index in [1.165, 1.54) is 0 Å².